The summed E-state index contributed by atoms with van der Waals surface area (Å²) < 4.78 is 4.59. The number of methoxy groups -OCH3 is 1. The van der Waals surface area contributed by atoms with Crippen LogP contribution in [0, 0.1) is 11.8 Å². The van der Waals surface area contributed by atoms with Crippen molar-refractivity contribution >= 4 is 30.8 Å². The fourth-order valence-corrected chi connectivity index (χ4v) is 0.928. The molecule has 1 heterocycles. The number of nitrogens with zero attached hydrogens (tertiary/aromatic N) is 1. The van der Waals surface area contributed by atoms with Crippen LogP contribution in [0.2, 0.25) is 0 Å². The van der Waals surface area contributed by atoms with E-state index < -0.39 is 5.97 Å². The Morgan fingerprint density at radius 2 is 2.25 bits per heavy atom. The van der Waals surface area contributed by atoms with Gasteiger partial charge in [-0.1, -0.05) is 11.8 Å². The Kier molecular flexibility index (Phi) is 9.61. The lowest BCUT2D eigenvalue weighted by Gasteiger charge is -2.00. The predicted octanol–water partition coefficient (Wildman–Crippen LogP) is 1.02. The molecule has 0 aliphatic carbocycles. The van der Waals surface area contributed by atoms with E-state index in [1.165, 1.54) is 19.5 Å². The molecule has 0 bridgehead atoms. The van der Waals surface area contributed by atoms with Gasteiger partial charge in [0.25, 0.3) is 0 Å². The van der Waals surface area contributed by atoms with Crippen LogP contribution in [0.15, 0.2) is 18.5 Å². The Balaban J connectivity index is 0. The van der Waals surface area contributed by atoms with E-state index in [0.717, 1.165) is 0 Å². The summed E-state index contributed by atoms with van der Waals surface area (Å²) in [5, 5.41) is 0. The molecule has 0 aromatic carbocycles. The minimum atomic E-state index is -0.422. The van der Waals surface area contributed by atoms with Crippen molar-refractivity contribution < 1.29 is 9.53 Å². The Labute approximate surface area is 106 Å². The Morgan fingerprint density at radius 3 is 2.81 bits per heavy atom. The van der Waals surface area contributed by atoms with Gasteiger partial charge in [0.1, 0.15) is 0 Å². The molecule has 0 radical (unpaired) electrons. The summed E-state index contributed by atoms with van der Waals surface area (Å²) in [6.07, 6.45) is 3.02. The van der Waals surface area contributed by atoms with E-state index in [0.29, 0.717) is 11.1 Å². The minimum absolute atomic E-state index is 0. The summed E-state index contributed by atoms with van der Waals surface area (Å²) in [4.78, 5) is 15.1. The average molecular weight is 263 g/mol. The molecule has 1 aromatic rings. The Bertz CT molecular complexity index is 399. The van der Waals surface area contributed by atoms with Gasteiger partial charge in [-0.05, 0) is 6.07 Å². The number of aromatic nitrogens is 1. The molecule has 4 nitrogen and oxygen atoms in total. The number of rotatable bonds is 1. The van der Waals surface area contributed by atoms with Gasteiger partial charge in [0.05, 0.1) is 24.8 Å². The molecular weight excluding hydrogens is 251 g/mol. The fraction of sp³-hybridized carbons (Fsp3) is 0.200. The Morgan fingerprint density at radius 1 is 1.56 bits per heavy atom. The molecular formula is C10H12Cl2N2O2. The van der Waals surface area contributed by atoms with Gasteiger partial charge in [-0.15, -0.1) is 24.8 Å². The monoisotopic (exact) mass is 262 g/mol. The third kappa shape index (κ3) is 4.49. The van der Waals surface area contributed by atoms with E-state index in [1.54, 1.807) is 6.07 Å². The minimum Gasteiger partial charge on any atom is -0.465 e. The lowest BCUT2D eigenvalue weighted by molar-refractivity contribution is 0.0600. The fourth-order valence-electron chi connectivity index (χ4n) is 0.928. The van der Waals surface area contributed by atoms with E-state index in [1.807, 2.05) is 0 Å². The van der Waals surface area contributed by atoms with Crippen LogP contribution < -0.4 is 5.73 Å². The van der Waals surface area contributed by atoms with Crippen molar-refractivity contribution in [1.82, 2.24) is 4.98 Å². The number of ether oxygens (including phenoxy) is 1. The smallest absolute Gasteiger partial charge is 0.339 e. The van der Waals surface area contributed by atoms with Crippen molar-refractivity contribution in [1.29, 1.82) is 0 Å². The number of esters is 1. The second-order valence-corrected chi connectivity index (χ2v) is 2.42. The maximum atomic E-state index is 11.2. The van der Waals surface area contributed by atoms with Crippen LogP contribution in [-0.2, 0) is 4.74 Å². The van der Waals surface area contributed by atoms with Crippen molar-refractivity contribution in [2.45, 2.75) is 0 Å². The molecule has 1 rings (SSSR count). The molecule has 0 amide bonds. The van der Waals surface area contributed by atoms with Crippen molar-refractivity contribution in [2.75, 3.05) is 13.7 Å². The zero-order valence-electron chi connectivity index (χ0n) is 8.60. The van der Waals surface area contributed by atoms with Gasteiger partial charge in [0, 0.05) is 12.4 Å². The van der Waals surface area contributed by atoms with Crippen molar-refractivity contribution in [3.8, 4) is 11.8 Å². The first kappa shape index (κ1) is 17.1. The van der Waals surface area contributed by atoms with Crippen molar-refractivity contribution in [3.05, 3.63) is 29.6 Å². The molecule has 6 heteroatoms. The molecule has 0 aliphatic heterocycles. The van der Waals surface area contributed by atoms with Gasteiger partial charge in [0.15, 0.2) is 0 Å². The summed E-state index contributed by atoms with van der Waals surface area (Å²) in [6.45, 7) is 0.246. The number of nitrogens with two attached hydrogens (primary N) is 1. The maximum absolute atomic E-state index is 11.2. The first-order valence-electron chi connectivity index (χ1n) is 4.01. The number of hydrogen-bond donors (Lipinski definition) is 1. The first-order chi connectivity index (χ1) is 6.79. The van der Waals surface area contributed by atoms with Crippen molar-refractivity contribution in [3.63, 3.8) is 0 Å². The standard InChI is InChI=1S/C10H10N2O2.2ClH/c1-14-10(13)9-4-6-12-7-8(9)3-2-5-11;;/h4,6-7H,5,11H2,1H3;2*1H. The van der Waals surface area contributed by atoms with Crippen LogP contribution in [0.25, 0.3) is 0 Å². The van der Waals surface area contributed by atoms with Gasteiger partial charge in [-0.3, -0.25) is 4.98 Å². The quantitative estimate of drug-likeness (QED) is 0.607. The predicted molar refractivity (Wildman–Crippen MR) is 66.0 cm³/mol. The zero-order chi connectivity index (χ0) is 10.4. The molecule has 16 heavy (non-hydrogen) atoms. The highest BCUT2D eigenvalue weighted by molar-refractivity contribution is 5.92. The van der Waals surface area contributed by atoms with E-state index >= 15 is 0 Å². The molecule has 0 saturated heterocycles. The van der Waals surface area contributed by atoms with Gasteiger partial charge < -0.3 is 10.5 Å². The SMILES string of the molecule is COC(=O)c1ccncc1C#CCN.Cl.Cl. The molecule has 0 unspecified atom stereocenters. The molecule has 0 atom stereocenters. The van der Waals surface area contributed by atoms with Crippen LogP contribution in [0.5, 0.6) is 0 Å². The Hall–Kier alpha value is -1.28. The van der Waals surface area contributed by atoms with E-state index in [2.05, 4.69) is 21.6 Å². The van der Waals surface area contributed by atoms with E-state index in [4.69, 9.17) is 5.73 Å². The molecule has 0 fully saturated rings. The van der Waals surface area contributed by atoms with Gasteiger partial charge in [-0.2, -0.15) is 0 Å². The highest BCUT2D eigenvalue weighted by Crippen LogP contribution is 2.06. The number of pyridine rings is 1. The van der Waals surface area contributed by atoms with Crippen LogP contribution in [0.1, 0.15) is 15.9 Å². The van der Waals surface area contributed by atoms with Gasteiger partial charge in [-0.25, -0.2) is 4.79 Å². The van der Waals surface area contributed by atoms with Crippen LogP contribution in [0.3, 0.4) is 0 Å². The number of hydrogen-bond acceptors (Lipinski definition) is 4. The summed E-state index contributed by atoms with van der Waals surface area (Å²) in [6, 6.07) is 1.56. The largest absolute Gasteiger partial charge is 0.465 e. The summed E-state index contributed by atoms with van der Waals surface area (Å²) in [5.74, 6) is 4.98. The van der Waals surface area contributed by atoms with Crippen LogP contribution >= 0.6 is 24.8 Å². The topological polar surface area (TPSA) is 65.2 Å². The highest BCUT2D eigenvalue weighted by atomic mass is 35.5. The number of halogens is 2. The van der Waals surface area contributed by atoms with Crippen molar-refractivity contribution in [2.24, 2.45) is 5.73 Å². The molecule has 0 aliphatic rings. The van der Waals surface area contributed by atoms with E-state index in [9.17, 15) is 4.79 Å². The summed E-state index contributed by atoms with van der Waals surface area (Å²) >= 11 is 0. The molecule has 0 spiro atoms. The normalized spacial score (nSPS) is 7.62. The van der Waals surface area contributed by atoms with Gasteiger partial charge in [0.2, 0.25) is 0 Å². The zero-order valence-corrected chi connectivity index (χ0v) is 10.2. The maximum Gasteiger partial charge on any atom is 0.339 e. The first-order valence-corrected chi connectivity index (χ1v) is 4.01. The second-order valence-electron chi connectivity index (χ2n) is 2.42. The molecule has 2 N–H and O–H groups in total. The second kappa shape index (κ2) is 8.98. The van der Waals surface area contributed by atoms with Crippen LogP contribution in [0.4, 0.5) is 0 Å². The number of carbonyl (C=O) groups excluding carboxylic acids is 1. The average Bonchev–Trinajstić information content (AvgIpc) is 2.25. The third-order valence-corrected chi connectivity index (χ3v) is 1.55. The molecule has 1 aromatic heterocycles. The van der Waals surface area contributed by atoms with Gasteiger partial charge >= 0.3 is 5.97 Å². The highest BCUT2D eigenvalue weighted by Gasteiger charge is 2.08. The summed E-state index contributed by atoms with van der Waals surface area (Å²) in [5.41, 5.74) is 6.16. The summed E-state index contributed by atoms with van der Waals surface area (Å²) in [7, 11) is 1.32. The lowest BCUT2D eigenvalue weighted by atomic mass is 10.1. The van der Waals surface area contributed by atoms with Crippen LogP contribution in [-0.4, -0.2) is 24.6 Å². The number of carbonyl (C=O) groups is 1. The molecule has 0 saturated carbocycles. The lowest BCUT2D eigenvalue weighted by Crippen LogP contribution is -2.04. The molecule has 88 valence electrons. The third-order valence-electron chi connectivity index (χ3n) is 1.55. The van der Waals surface area contributed by atoms with E-state index in [-0.39, 0.29) is 31.4 Å².